The summed E-state index contributed by atoms with van der Waals surface area (Å²) in [7, 11) is 0. The molecule has 0 atom stereocenters. The van der Waals surface area contributed by atoms with Crippen molar-refractivity contribution in [3.63, 3.8) is 0 Å². The molecule has 3 rings (SSSR count). The van der Waals surface area contributed by atoms with E-state index >= 15 is 0 Å². The van der Waals surface area contributed by atoms with E-state index < -0.39 is 0 Å². The molecule has 0 aromatic heterocycles. The molecule has 0 N–H and O–H groups in total. The molecule has 0 spiro atoms. The lowest BCUT2D eigenvalue weighted by molar-refractivity contribution is -0.107. The first kappa shape index (κ1) is 21.2. The third-order valence-electron chi connectivity index (χ3n) is 5.68. The van der Waals surface area contributed by atoms with Crippen LogP contribution in [0.4, 0.5) is 5.69 Å². The molecule has 0 unspecified atom stereocenters. The number of nitroso groups, excluding NO2 is 1. The highest BCUT2D eigenvalue weighted by molar-refractivity contribution is 5.78. The predicted molar refractivity (Wildman–Crippen MR) is 118 cm³/mol. The van der Waals surface area contributed by atoms with Crippen LogP contribution in [0.3, 0.4) is 0 Å². The van der Waals surface area contributed by atoms with Crippen LogP contribution in [0.5, 0.6) is 5.75 Å². The second-order valence-corrected chi connectivity index (χ2v) is 7.91. The molecule has 4 nitrogen and oxygen atoms in total. The fraction of sp³-hybridized carbons (Fsp3) is 0.480. The van der Waals surface area contributed by atoms with Crippen molar-refractivity contribution in [3.8, 4) is 16.9 Å². The van der Waals surface area contributed by atoms with Crippen LogP contribution in [-0.4, -0.2) is 12.9 Å². The molecule has 2 aromatic rings. The van der Waals surface area contributed by atoms with Gasteiger partial charge in [-0.25, -0.2) is 0 Å². The van der Waals surface area contributed by atoms with E-state index in [9.17, 15) is 9.70 Å². The third-order valence-corrected chi connectivity index (χ3v) is 5.68. The summed E-state index contributed by atoms with van der Waals surface area (Å²) in [5, 5.41) is 3.04. The van der Waals surface area contributed by atoms with Crippen LogP contribution >= 0.6 is 0 Å². The van der Waals surface area contributed by atoms with Crippen molar-refractivity contribution in [3.05, 3.63) is 52.4 Å². The van der Waals surface area contributed by atoms with E-state index in [0.717, 1.165) is 49.9 Å². The Labute approximate surface area is 173 Å². The zero-order valence-electron chi connectivity index (χ0n) is 17.2. The van der Waals surface area contributed by atoms with E-state index in [0.29, 0.717) is 5.69 Å². The molecule has 4 heteroatoms. The van der Waals surface area contributed by atoms with Crippen molar-refractivity contribution in [1.82, 2.24) is 0 Å². The van der Waals surface area contributed by atoms with Gasteiger partial charge in [0.05, 0.1) is 6.61 Å². The first-order valence-electron chi connectivity index (χ1n) is 11.0. The number of fused-ring (bicyclic) bond motifs is 3. The molecule has 0 heterocycles. The second-order valence-electron chi connectivity index (χ2n) is 7.91. The number of benzene rings is 2. The summed E-state index contributed by atoms with van der Waals surface area (Å²) in [6, 6.07) is 12.0. The van der Waals surface area contributed by atoms with Crippen molar-refractivity contribution >= 4 is 12.0 Å². The number of ether oxygens (including phenoxy) is 1. The van der Waals surface area contributed by atoms with Gasteiger partial charge in [0.2, 0.25) is 0 Å². The smallest absolute Gasteiger partial charge is 0.119 e. The Morgan fingerprint density at radius 1 is 0.793 bits per heavy atom. The molecule has 0 bridgehead atoms. The SMILES string of the molecule is O=CCCCCCCCCCCCOc1ccc2c(c1)Cc1cc(N=O)ccc1-2. The minimum Gasteiger partial charge on any atom is -0.494 e. The van der Waals surface area contributed by atoms with Crippen molar-refractivity contribution in [2.24, 2.45) is 5.18 Å². The van der Waals surface area contributed by atoms with E-state index in [-0.39, 0.29) is 0 Å². The Balaban J connectivity index is 1.30. The van der Waals surface area contributed by atoms with Gasteiger partial charge in [0.25, 0.3) is 0 Å². The summed E-state index contributed by atoms with van der Waals surface area (Å²) in [6.07, 6.45) is 13.5. The van der Waals surface area contributed by atoms with Crippen LogP contribution in [0.25, 0.3) is 11.1 Å². The van der Waals surface area contributed by atoms with Gasteiger partial charge in [-0.05, 0) is 71.0 Å². The Bertz CT molecular complexity index is 816. The first-order chi connectivity index (χ1) is 14.3. The molecular formula is C25H31NO3. The molecule has 0 amide bonds. The van der Waals surface area contributed by atoms with E-state index in [1.165, 1.54) is 61.6 Å². The molecule has 2 aromatic carbocycles. The number of unbranched alkanes of at least 4 members (excludes halogenated alkanes) is 9. The predicted octanol–water partition coefficient (Wildman–Crippen LogP) is 7.13. The van der Waals surface area contributed by atoms with Crippen molar-refractivity contribution < 1.29 is 9.53 Å². The fourth-order valence-corrected chi connectivity index (χ4v) is 4.08. The minimum absolute atomic E-state index is 0.492. The van der Waals surface area contributed by atoms with E-state index in [1.54, 1.807) is 6.07 Å². The Morgan fingerprint density at radius 2 is 1.41 bits per heavy atom. The fourth-order valence-electron chi connectivity index (χ4n) is 4.08. The highest BCUT2D eigenvalue weighted by Crippen LogP contribution is 2.39. The van der Waals surface area contributed by atoms with E-state index in [2.05, 4.69) is 17.3 Å². The van der Waals surface area contributed by atoms with E-state index in [4.69, 9.17) is 4.74 Å². The molecule has 0 radical (unpaired) electrons. The molecular weight excluding hydrogens is 362 g/mol. The van der Waals surface area contributed by atoms with Gasteiger partial charge in [0.1, 0.15) is 17.7 Å². The summed E-state index contributed by atoms with van der Waals surface area (Å²) >= 11 is 0. The Morgan fingerprint density at radius 3 is 2.10 bits per heavy atom. The van der Waals surface area contributed by atoms with Gasteiger partial charge in [-0.3, -0.25) is 0 Å². The van der Waals surface area contributed by atoms with Crippen LogP contribution in [0.2, 0.25) is 0 Å². The maximum atomic E-state index is 10.7. The third kappa shape index (κ3) is 6.25. The van der Waals surface area contributed by atoms with Crippen LogP contribution in [0.15, 0.2) is 41.6 Å². The van der Waals surface area contributed by atoms with Crippen LogP contribution < -0.4 is 4.74 Å². The van der Waals surface area contributed by atoms with Crippen molar-refractivity contribution in [1.29, 1.82) is 0 Å². The monoisotopic (exact) mass is 393 g/mol. The van der Waals surface area contributed by atoms with Crippen LogP contribution in [0, 0.1) is 4.91 Å². The van der Waals surface area contributed by atoms with Crippen molar-refractivity contribution in [2.45, 2.75) is 70.6 Å². The second kappa shape index (κ2) is 11.5. The molecule has 0 fully saturated rings. The lowest BCUT2D eigenvalue weighted by atomic mass is 10.1. The standard InChI is InChI=1S/C25H31NO3/c27-15-9-7-5-3-1-2-4-6-8-10-16-29-23-12-14-25-21(19-23)17-20-18-22(26-28)11-13-24(20)25/h11-15,18-19H,1-10,16-17H2. The number of carbonyl (C=O) groups excluding carboxylic acids is 1. The number of aldehydes is 1. The number of hydrogen-bond donors (Lipinski definition) is 0. The van der Waals surface area contributed by atoms with E-state index in [1.807, 2.05) is 18.2 Å². The quantitative estimate of drug-likeness (QED) is 0.166. The molecule has 29 heavy (non-hydrogen) atoms. The van der Waals surface area contributed by atoms with Gasteiger partial charge in [-0.2, -0.15) is 0 Å². The first-order valence-corrected chi connectivity index (χ1v) is 11.0. The maximum Gasteiger partial charge on any atom is 0.119 e. The molecule has 0 saturated heterocycles. The maximum absolute atomic E-state index is 10.7. The largest absolute Gasteiger partial charge is 0.494 e. The summed E-state index contributed by atoms with van der Waals surface area (Å²) in [4.78, 5) is 21.0. The number of nitrogens with zero attached hydrogens (tertiary/aromatic N) is 1. The van der Waals surface area contributed by atoms with Gasteiger partial charge < -0.3 is 9.53 Å². The van der Waals surface area contributed by atoms with Gasteiger partial charge in [-0.15, -0.1) is 4.91 Å². The molecule has 0 aliphatic heterocycles. The zero-order valence-corrected chi connectivity index (χ0v) is 17.2. The van der Waals surface area contributed by atoms with Gasteiger partial charge in [0.15, 0.2) is 0 Å². The Kier molecular flexibility index (Phi) is 8.41. The average Bonchev–Trinajstić information content (AvgIpc) is 3.11. The zero-order chi connectivity index (χ0) is 20.3. The van der Waals surface area contributed by atoms with Crippen LogP contribution in [0.1, 0.15) is 75.3 Å². The minimum atomic E-state index is 0.492. The normalized spacial score (nSPS) is 11.7. The summed E-state index contributed by atoms with van der Waals surface area (Å²) in [6.45, 7) is 0.761. The lowest BCUT2D eigenvalue weighted by Gasteiger charge is -2.08. The molecule has 1 aliphatic carbocycles. The number of carbonyl (C=O) groups is 1. The highest BCUT2D eigenvalue weighted by atomic mass is 16.5. The summed E-state index contributed by atoms with van der Waals surface area (Å²) < 4.78 is 5.96. The van der Waals surface area contributed by atoms with Crippen molar-refractivity contribution in [2.75, 3.05) is 6.61 Å². The molecule has 154 valence electrons. The number of hydrogen-bond acceptors (Lipinski definition) is 4. The number of rotatable bonds is 14. The van der Waals surface area contributed by atoms with Gasteiger partial charge in [-0.1, -0.05) is 57.1 Å². The van der Waals surface area contributed by atoms with Crippen LogP contribution in [-0.2, 0) is 11.2 Å². The lowest BCUT2D eigenvalue weighted by Crippen LogP contribution is -1.98. The topological polar surface area (TPSA) is 55.7 Å². The molecule has 1 aliphatic rings. The summed E-state index contributed by atoms with van der Waals surface area (Å²) in [5.74, 6) is 0.931. The van der Waals surface area contributed by atoms with Gasteiger partial charge >= 0.3 is 0 Å². The Hall–Kier alpha value is -2.49. The average molecular weight is 394 g/mol. The van der Waals surface area contributed by atoms with Gasteiger partial charge in [0, 0.05) is 6.42 Å². The summed E-state index contributed by atoms with van der Waals surface area (Å²) in [5.41, 5.74) is 5.34. The highest BCUT2D eigenvalue weighted by Gasteiger charge is 2.19. The molecule has 0 saturated carbocycles.